The maximum Gasteiger partial charge on any atom is 0.373 e. The molecule has 108 valence electrons. The second kappa shape index (κ2) is 6.43. The van der Waals surface area contributed by atoms with Gasteiger partial charge >= 0.3 is 5.97 Å². The molecular weight excluding hydrogens is 258 g/mol. The van der Waals surface area contributed by atoms with Crippen LogP contribution in [0.3, 0.4) is 0 Å². The molecule has 1 atom stereocenters. The van der Waals surface area contributed by atoms with Crippen LogP contribution in [0.25, 0.3) is 0 Å². The third-order valence-corrected chi connectivity index (χ3v) is 3.06. The van der Waals surface area contributed by atoms with E-state index in [-0.39, 0.29) is 11.8 Å². The highest BCUT2D eigenvalue weighted by molar-refractivity contribution is 5.86. The number of hydrogen-bond acceptors (Lipinski definition) is 5. The molecule has 5 nitrogen and oxygen atoms in total. The van der Waals surface area contributed by atoms with Crippen LogP contribution >= 0.6 is 0 Å². The Labute approximate surface area is 117 Å². The lowest BCUT2D eigenvalue weighted by Crippen LogP contribution is -2.23. The molecule has 0 amide bonds. The number of carbonyl (C=O) groups excluding carboxylic acids is 1. The van der Waals surface area contributed by atoms with Crippen molar-refractivity contribution in [1.82, 2.24) is 5.32 Å². The summed E-state index contributed by atoms with van der Waals surface area (Å²) in [6.45, 7) is 4.88. The van der Waals surface area contributed by atoms with E-state index >= 15 is 0 Å². The van der Waals surface area contributed by atoms with Crippen molar-refractivity contribution in [2.75, 3.05) is 13.7 Å². The van der Waals surface area contributed by atoms with Gasteiger partial charge in [-0.1, -0.05) is 6.92 Å². The molecule has 0 saturated carbocycles. The molecule has 2 heterocycles. The number of methoxy groups -OCH3 is 1. The molecule has 1 unspecified atom stereocenters. The summed E-state index contributed by atoms with van der Waals surface area (Å²) in [4.78, 5) is 11.5. The minimum atomic E-state index is -0.485. The fourth-order valence-corrected chi connectivity index (χ4v) is 2.01. The first-order valence-corrected chi connectivity index (χ1v) is 6.62. The van der Waals surface area contributed by atoms with Gasteiger partial charge in [0, 0.05) is 0 Å². The normalized spacial score (nSPS) is 12.3. The molecule has 0 fully saturated rings. The second-order valence-corrected chi connectivity index (χ2v) is 4.55. The van der Waals surface area contributed by atoms with E-state index in [1.54, 1.807) is 18.4 Å². The fourth-order valence-electron chi connectivity index (χ4n) is 2.01. The Bertz CT molecular complexity index is 570. The van der Waals surface area contributed by atoms with Crippen molar-refractivity contribution in [1.29, 1.82) is 0 Å². The first-order chi connectivity index (χ1) is 9.67. The van der Waals surface area contributed by atoms with Crippen LogP contribution in [0.1, 0.15) is 47.0 Å². The van der Waals surface area contributed by atoms with Crippen LogP contribution in [0.5, 0.6) is 0 Å². The van der Waals surface area contributed by atoms with Gasteiger partial charge in [0.1, 0.15) is 17.6 Å². The van der Waals surface area contributed by atoms with Gasteiger partial charge in [-0.25, -0.2) is 4.79 Å². The smallest absolute Gasteiger partial charge is 0.373 e. The summed E-state index contributed by atoms with van der Waals surface area (Å²) in [5.41, 5.74) is 1.04. The van der Waals surface area contributed by atoms with Crippen LogP contribution in [0.15, 0.2) is 33.3 Å². The molecule has 0 bridgehead atoms. The molecule has 2 aromatic heterocycles. The number of esters is 1. The van der Waals surface area contributed by atoms with Gasteiger partial charge in [-0.2, -0.15) is 0 Å². The summed E-state index contributed by atoms with van der Waals surface area (Å²) in [7, 11) is 1.33. The molecule has 2 rings (SSSR count). The Hall–Kier alpha value is -2.01. The first-order valence-electron chi connectivity index (χ1n) is 6.62. The van der Waals surface area contributed by atoms with Gasteiger partial charge in [0.05, 0.1) is 13.4 Å². The van der Waals surface area contributed by atoms with Crippen LogP contribution in [0, 0.1) is 6.92 Å². The topological polar surface area (TPSA) is 64.6 Å². The minimum Gasteiger partial charge on any atom is -0.467 e. The highest BCUT2D eigenvalue weighted by atomic mass is 16.5. The first kappa shape index (κ1) is 14.4. The van der Waals surface area contributed by atoms with Crippen LogP contribution in [0.4, 0.5) is 0 Å². The monoisotopic (exact) mass is 277 g/mol. The molecule has 20 heavy (non-hydrogen) atoms. The van der Waals surface area contributed by atoms with Crippen molar-refractivity contribution in [3.63, 3.8) is 0 Å². The van der Waals surface area contributed by atoms with Crippen molar-refractivity contribution < 1.29 is 18.4 Å². The number of rotatable bonds is 6. The van der Waals surface area contributed by atoms with E-state index in [0.717, 1.165) is 24.3 Å². The van der Waals surface area contributed by atoms with E-state index < -0.39 is 5.97 Å². The average Bonchev–Trinajstić information content (AvgIpc) is 3.09. The molecule has 0 aliphatic heterocycles. The lowest BCUT2D eigenvalue weighted by atomic mass is 10.1. The van der Waals surface area contributed by atoms with Crippen molar-refractivity contribution in [3.05, 3.63) is 47.3 Å². The van der Waals surface area contributed by atoms with E-state index in [2.05, 4.69) is 17.0 Å². The Morgan fingerprint density at radius 2 is 2.20 bits per heavy atom. The standard InChI is InChI=1S/C15H19NO4/c1-4-8-16-13(14-10(2)7-9-19-14)11-5-6-12(20-11)15(17)18-3/h5-7,9,13,16H,4,8H2,1-3H3. The van der Waals surface area contributed by atoms with E-state index in [1.165, 1.54) is 7.11 Å². The SMILES string of the molecule is CCCNC(c1ccc(C(=O)OC)o1)c1occc1C. The zero-order valence-corrected chi connectivity index (χ0v) is 11.9. The number of aryl methyl sites for hydroxylation is 1. The van der Waals surface area contributed by atoms with Crippen LogP contribution in [-0.4, -0.2) is 19.6 Å². The van der Waals surface area contributed by atoms with E-state index in [4.69, 9.17) is 8.83 Å². The average molecular weight is 277 g/mol. The Kier molecular flexibility index (Phi) is 4.63. The summed E-state index contributed by atoms with van der Waals surface area (Å²) in [5.74, 6) is 1.14. The van der Waals surface area contributed by atoms with Crippen molar-refractivity contribution in [2.45, 2.75) is 26.3 Å². The molecule has 1 N–H and O–H groups in total. The van der Waals surface area contributed by atoms with Gasteiger partial charge in [-0.05, 0) is 43.7 Å². The largest absolute Gasteiger partial charge is 0.467 e. The second-order valence-electron chi connectivity index (χ2n) is 4.55. The summed E-state index contributed by atoms with van der Waals surface area (Å²) in [6, 6.07) is 5.07. The van der Waals surface area contributed by atoms with Crippen LogP contribution in [-0.2, 0) is 4.74 Å². The molecule has 0 saturated heterocycles. The highest BCUT2D eigenvalue weighted by Gasteiger charge is 2.23. The predicted octanol–water partition coefficient (Wildman–Crippen LogP) is 3.06. The number of ether oxygens (including phenoxy) is 1. The number of nitrogens with one attached hydrogen (secondary N) is 1. The van der Waals surface area contributed by atoms with Crippen molar-refractivity contribution >= 4 is 5.97 Å². The molecule has 0 aliphatic carbocycles. The van der Waals surface area contributed by atoms with Gasteiger partial charge < -0.3 is 18.9 Å². The van der Waals surface area contributed by atoms with Crippen LogP contribution in [0.2, 0.25) is 0 Å². The zero-order valence-electron chi connectivity index (χ0n) is 11.9. The predicted molar refractivity (Wildman–Crippen MR) is 73.6 cm³/mol. The molecule has 0 spiro atoms. The van der Waals surface area contributed by atoms with Gasteiger partial charge in [-0.15, -0.1) is 0 Å². The summed E-state index contributed by atoms with van der Waals surface area (Å²) >= 11 is 0. The molecule has 0 radical (unpaired) electrons. The lowest BCUT2D eigenvalue weighted by Gasteiger charge is -2.14. The number of hydrogen-bond donors (Lipinski definition) is 1. The Morgan fingerprint density at radius 1 is 1.40 bits per heavy atom. The Morgan fingerprint density at radius 3 is 2.80 bits per heavy atom. The van der Waals surface area contributed by atoms with Gasteiger partial charge in [0.15, 0.2) is 0 Å². The van der Waals surface area contributed by atoms with E-state index in [9.17, 15) is 4.79 Å². The molecule has 0 aliphatic rings. The van der Waals surface area contributed by atoms with Crippen molar-refractivity contribution in [2.24, 2.45) is 0 Å². The molecular formula is C15H19NO4. The summed E-state index contributed by atoms with van der Waals surface area (Å²) in [6.07, 6.45) is 2.64. The van der Waals surface area contributed by atoms with Crippen molar-refractivity contribution in [3.8, 4) is 0 Å². The number of carbonyl (C=O) groups is 1. The third kappa shape index (κ3) is 2.93. The van der Waals surface area contributed by atoms with E-state index in [0.29, 0.717) is 5.76 Å². The maximum absolute atomic E-state index is 11.5. The number of furan rings is 2. The summed E-state index contributed by atoms with van der Waals surface area (Å²) in [5, 5.41) is 3.36. The quantitative estimate of drug-likeness (QED) is 0.822. The Balaban J connectivity index is 2.29. The van der Waals surface area contributed by atoms with Crippen LogP contribution < -0.4 is 5.32 Å². The zero-order chi connectivity index (χ0) is 14.5. The third-order valence-electron chi connectivity index (χ3n) is 3.06. The van der Waals surface area contributed by atoms with Gasteiger partial charge in [-0.3, -0.25) is 0 Å². The lowest BCUT2D eigenvalue weighted by molar-refractivity contribution is 0.0562. The molecule has 5 heteroatoms. The molecule has 0 aromatic carbocycles. The van der Waals surface area contributed by atoms with E-state index in [1.807, 2.05) is 13.0 Å². The van der Waals surface area contributed by atoms with Gasteiger partial charge in [0.2, 0.25) is 5.76 Å². The van der Waals surface area contributed by atoms with Gasteiger partial charge in [0.25, 0.3) is 0 Å². The fraction of sp³-hybridized carbons (Fsp3) is 0.400. The maximum atomic E-state index is 11.5. The summed E-state index contributed by atoms with van der Waals surface area (Å²) < 4.78 is 15.8. The minimum absolute atomic E-state index is 0.190. The highest BCUT2D eigenvalue weighted by Crippen LogP contribution is 2.27. The molecule has 2 aromatic rings.